The number of hydrogen-bond donors (Lipinski definition) is 3. The van der Waals surface area contributed by atoms with Crippen LogP contribution in [0.2, 0.25) is 5.02 Å². The largest absolute Gasteiger partial charge is 0.322 e. The molecule has 4 nitrogen and oxygen atoms in total. The maximum atomic E-state index is 13.6. The number of piperazine rings is 1. The van der Waals surface area contributed by atoms with Crippen molar-refractivity contribution in [3.05, 3.63) is 64.9 Å². The lowest BCUT2D eigenvalue weighted by atomic mass is 10.2. The summed E-state index contributed by atoms with van der Waals surface area (Å²) in [4.78, 5) is 14.9. The molecule has 0 atom stereocenters. The molecular formula is C19H23ClFN3O+2. The van der Waals surface area contributed by atoms with Crippen LogP contribution in [-0.2, 0) is 11.3 Å². The monoisotopic (exact) mass is 363 g/mol. The van der Waals surface area contributed by atoms with Gasteiger partial charge in [-0.3, -0.25) is 4.79 Å². The van der Waals surface area contributed by atoms with E-state index in [0.29, 0.717) is 6.54 Å². The molecule has 25 heavy (non-hydrogen) atoms. The van der Waals surface area contributed by atoms with Crippen LogP contribution in [-0.4, -0.2) is 38.6 Å². The van der Waals surface area contributed by atoms with Crippen molar-refractivity contribution in [2.75, 3.05) is 38.0 Å². The van der Waals surface area contributed by atoms with Gasteiger partial charge in [0.2, 0.25) is 0 Å². The van der Waals surface area contributed by atoms with Crippen LogP contribution in [0.4, 0.5) is 10.1 Å². The minimum absolute atomic E-state index is 0.140. The molecule has 2 aromatic carbocycles. The predicted molar refractivity (Wildman–Crippen MR) is 96.4 cm³/mol. The summed E-state index contributed by atoms with van der Waals surface area (Å²) in [5, 5.41) is 3.43. The number of amides is 1. The lowest BCUT2D eigenvalue weighted by molar-refractivity contribution is -1.02. The summed E-state index contributed by atoms with van der Waals surface area (Å²) < 4.78 is 13.6. The molecule has 132 valence electrons. The third-order valence-electron chi connectivity index (χ3n) is 4.57. The van der Waals surface area contributed by atoms with Crippen LogP contribution in [0.15, 0.2) is 48.5 Å². The highest BCUT2D eigenvalue weighted by Crippen LogP contribution is 2.11. The second kappa shape index (κ2) is 8.43. The Balaban J connectivity index is 1.44. The third kappa shape index (κ3) is 5.26. The molecule has 1 amide bonds. The van der Waals surface area contributed by atoms with Crippen LogP contribution < -0.4 is 15.1 Å². The van der Waals surface area contributed by atoms with Crippen LogP contribution >= 0.6 is 11.6 Å². The molecule has 1 heterocycles. The van der Waals surface area contributed by atoms with Crippen LogP contribution in [0, 0.1) is 5.82 Å². The molecule has 0 aromatic heterocycles. The minimum Gasteiger partial charge on any atom is -0.322 e. The zero-order valence-corrected chi connectivity index (χ0v) is 14.8. The van der Waals surface area contributed by atoms with Gasteiger partial charge in [0.05, 0.1) is 5.69 Å². The maximum absolute atomic E-state index is 13.6. The Labute approximate surface area is 152 Å². The van der Waals surface area contributed by atoms with E-state index in [1.165, 1.54) is 21.4 Å². The molecule has 3 rings (SSSR count). The molecule has 3 N–H and O–H groups in total. The first-order valence-corrected chi connectivity index (χ1v) is 8.94. The average Bonchev–Trinajstić information content (AvgIpc) is 2.59. The summed E-state index contributed by atoms with van der Waals surface area (Å²) in [7, 11) is 0. The van der Waals surface area contributed by atoms with Gasteiger partial charge >= 0.3 is 0 Å². The van der Waals surface area contributed by atoms with Gasteiger partial charge in [0, 0.05) is 10.6 Å². The van der Waals surface area contributed by atoms with Crippen LogP contribution in [0.25, 0.3) is 0 Å². The van der Waals surface area contributed by atoms with Gasteiger partial charge in [-0.05, 0) is 24.3 Å². The number of halogens is 2. The van der Waals surface area contributed by atoms with Gasteiger partial charge in [-0.1, -0.05) is 35.9 Å². The van der Waals surface area contributed by atoms with E-state index in [9.17, 15) is 9.18 Å². The smallest absolute Gasteiger partial charge is 0.279 e. The van der Waals surface area contributed by atoms with Gasteiger partial charge in [-0.15, -0.1) is 0 Å². The molecule has 0 saturated carbocycles. The quantitative estimate of drug-likeness (QED) is 0.707. The molecule has 6 heteroatoms. The molecule has 1 fully saturated rings. The van der Waals surface area contributed by atoms with Crippen molar-refractivity contribution >= 4 is 23.2 Å². The summed E-state index contributed by atoms with van der Waals surface area (Å²) >= 11 is 6.04. The van der Waals surface area contributed by atoms with E-state index in [1.807, 2.05) is 18.2 Å². The van der Waals surface area contributed by atoms with Crippen molar-refractivity contribution in [3.63, 3.8) is 0 Å². The number of anilines is 1. The van der Waals surface area contributed by atoms with E-state index in [0.717, 1.165) is 37.7 Å². The first kappa shape index (κ1) is 17.9. The summed E-state index contributed by atoms with van der Waals surface area (Å²) in [6.45, 7) is 5.21. The van der Waals surface area contributed by atoms with Gasteiger partial charge in [-0.2, -0.15) is 0 Å². The van der Waals surface area contributed by atoms with Gasteiger partial charge in [0.1, 0.15) is 38.5 Å². The number of rotatable bonds is 5. The highest BCUT2D eigenvalue weighted by Gasteiger charge is 2.25. The van der Waals surface area contributed by atoms with Crippen molar-refractivity contribution < 1.29 is 19.0 Å². The van der Waals surface area contributed by atoms with Gasteiger partial charge in [0.25, 0.3) is 5.91 Å². The Morgan fingerprint density at radius 2 is 1.76 bits per heavy atom. The lowest BCUT2D eigenvalue weighted by Crippen LogP contribution is -3.28. The summed E-state index contributed by atoms with van der Waals surface area (Å²) in [5.74, 6) is -0.542. The van der Waals surface area contributed by atoms with E-state index < -0.39 is 5.82 Å². The predicted octanol–water partition coefficient (Wildman–Crippen LogP) is 0.401. The topological polar surface area (TPSA) is 38.0 Å². The van der Waals surface area contributed by atoms with Gasteiger partial charge < -0.3 is 15.1 Å². The summed E-state index contributed by atoms with van der Waals surface area (Å²) in [5.41, 5.74) is 1.49. The van der Waals surface area contributed by atoms with E-state index in [-0.39, 0.29) is 11.6 Å². The Kier molecular flexibility index (Phi) is 6.02. The highest BCUT2D eigenvalue weighted by atomic mass is 35.5. The maximum Gasteiger partial charge on any atom is 0.279 e. The Bertz CT molecular complexity index is 732. The average molecular weight is 364 g/mol. The molecular weight excluding hydrogens is 341 g/mol. The Hall–Kier alpha value is -1.95. The molecule has 0 spiro atoms. The minimum atomic E-state index is -0.401. The third-order valence-corrected chi connectivity index (χ3v) is 4.80. The molecule has 1 aliphatic heterocycles. The number of quaternary nitrogens is 2. The fourth-order valence-electron chi connectivity index (χ4n) is 3.23. The second-order valence-corrected chi connectivity index (χ2v) is 6.95. The molecule has 0 radical (unpaired) electrons. The number of carbonyl (C=O) groups is 1. The Morgan fingerprint density at radius 1 is 1.04 bits per heavy atom. The Morgan fingerprint density at radius 3 is 2.48 bits per heavy atom. The molecule has 1 aliphatic rings. The van der Waals surface area contributed by atoms with Gasteiger partial charge in [-0.25, -0.2) is 4.39 Å². The number of nitrogens with one attached hydrogen (secondary N) is 3. The first-order chi connectivity index (χ1) is 12.1. The number of benzene rings is 2. The normalized spacial score (nSPS) is 20.2. The zero-order valence-electron chi connectivity index (χ0n) is 14.0. The van der Waals surface area contributed by atoms with E-state index in [1.54, 1.807) is 18.2 Å². The van der Waals surface area contributed by atoms with Crippen LogP contribution in [0.1, 0.15) is 5.56 Å². The number of hydrogen-bond acceptors (Lipinski definition) is 1. The molecule has 0 bridgehead atoms. The molecule has 1 saturated heterocycles. The summed E-state index contributed by atoms with van der Waals surface area (Å²) in [6, 6.07) is 14.2. The van der Waals surface area contributed by atoms with Crippen molar-refractivity contribution in [3.8, 4) is 0 Å². The summed E-state index contributed by atoms with van der Waals surface area (Å²) in [6.07, 6.45) is 0. The zero-order chi connectivity index (χ0) is 17.6. The van der Waals surface area contributed by atoms with Gasteiger partial charge in [0.15, 0.2) is 6.54 Å². The lowest BCUT2D eigenvalue weighted by Gasteiger charge is -2.29. The molecule has 2 aromatic rings. The van der Waals surface area contributed by atoms with Crippen molar-refractivity contribution in [2.24, 2.45) is 0 Å². The number of para-hydroxylation sites is 1. The SMILES string of the molecule is O=C(C[NH+]1CC[NH+](Cc2cccc(Cl)c2)CC1)Nc1ccccc1F. The van der Waals surface area contributed by atoms with Crippen molar-refractivity contribution in [1.82, 2.24) is 0 Å². The second-order valence-electron chi connectivity index (χ2n) is 6.51. The van der Waals surface area contributed by atoms with E-state index in [4.69, 9.17) is 11.6 Å². The number of carbonyl (C=O) groups excluding carboxylic acids is 1. The van der Waals surface area contributed by atoms with Crippen molar-refractivity contribution in [1.29, 1.82) is 0 Å². The fraction of sp³-hybridized carbons (Fsp3) is 0.316. The van der Waals surface area contributed by atoms with Crippen LogP contribution in [0.5, 0.6) is 0 Å². The molecule has 0 unspecified atom stereocenters. The highest BCUT2D eigenvalue weighted by molar-refractivity contribution is 6.30. The fourth-order valence-corrected chi connectivity index (χ4v) is 3.44. The van der Waals surface area contributed by atoms with E-state index in [2.05, 4.69) is 11.4 Å². The van der Waals surface area contributed by atoms with Crippen LogP contribution in [0.3, 0.4) is 0 Å². The first-order valence-electron chi connectivity index (χ1n) is 8.56. The van der Waals surface area contributed by atoms with Crippen molar-refractivity contribution in [2.45, 2.75) is 6.54 Å². The molecule has 0 aliphatic carbocycles. The van der Waals surface area contributed by atoms with E-state index >= 15 is 0 Å². The standard InChI is InChI=1S/C19H21ClFN3O/c20-16-5-3-4-15(12-16)13-23-8-10-24(11-9-23)14-19(25)22-18-7-2-1-6-17(18)21/h1-7,12H,8-11,13-14H2,(H,22,25)/p+2.